The zero-order valence-corrected chi connectivity index (χ0v) is 13.6. The third kappa shape index (κ3) is 3.30. The van der Waals surface area contributed by atoms with Crippen LogP contribution in [0.1, 0.15) is 34.5 Å². The predicted molar refractivity (Wildman–Crippen MR) is 90.1 cm³/mol. The summed E-state index contributed by atoms with van der Waals surface area (Å²) in [6.07, 6.45) is 0.259. The first-order chi connectivity index (χ1) is 11.4. The number of rotatable bonds is 4. The van der Waals surface area contributed by atoms with Gasteiger partial charge >= 0.3 is 0 Å². The average molecular weight is 346 g/mol. The van der Waals surface area contributed by atoms with Crippen LogP contribution in [0.3, 0.4) is 0 Å². The number of halogens is 1. The number of fused-ring (bicyclic) bond motifs is 1. The summed E-state index contributed by atoms with van der Waals surface area (Å²) in [6.45, 7) is 0.676. The molecule has 0 radical (unpaired) electrons. The molecule has 0 spiro atoms. The highest BCUT2D eigenvalue weighted by Crippen LogP contribution is 2.26. The highest BCUT2D eigenvalue weighted by molar-refractivity contribution is 6.30. The molecule has 0 aliphatic carbocycles. The van der Waals surface area contributed by atoms with Gasteiger partial charge in [-0.25, -0.2) is 4.98 Å². The Hall–Kier alpha value is -2.67. The normalized spacial score (nSPS) is 13.0. The van der Waals surface area contributed by atoms with Gasteiger partial charge in [-0.05, 0) is 24.3 Å². The van der Waals surface area contributed by atoms with Crippen molar-refractivity contribution in [3.63, 3.8) is 0 Å². The Morgan fingerprint density at radius 3 is 2.50 bits per heavy atom. The number of carbonyl (C=O) groups excluding carboxylic acids is 2. The van der Waals surface area contributed by atoms with Crippen LogP contribution in [0.2, 0.25) is 5.02 Å². The molecule has 0 bridgehead atoms. The number of carbonyl (C=O) groups is 2. The van der Waals surface area contributed by atoms with E-state index in [4.69, 9.17) is 23.1 Å². The van der Waals surface area contributed by atoms with E-state index in [-0.39, 0.29) is 30.5 Å². The molecular formula is C16H16ClN5O2. The van der Waals surface area contributed by atoms with Crippen molar-refractivity contribution >= 4 is 35.1 Å². The first-order valence-corrected chi connectivity index (χ1v) is 7.79. The van der Waals surface area contributed by atoms with E-state index in [1.807, 2.05) is 0 Å². The predicted octanol–water partition coefficient (Wildman–Crippen LogP) is 1.80. The fourth-order valence-electron chi connectivity index (χ4n) is 2.64. The summed E-state index contributed by atoms with van der Waals surface area (Å²) in [4.78, 5) is 34.1. The number of anilines is 2. The van der Waals surface area contributed by atoms with Gasteiger partial charge in [-0.2, -0.15) is 4.98 Å². The number of ketones is 1. The third-order valence-electron chi connectivity index (χ3n) is 3.92. The van der Waals surface area contributed by atoms with Gasteiger partial charge in [0.25, 0.3) is 0 Å². The Kier molecular flexibility index (Phi) is 4.35. The highest BCUT2D eigenvalue weighted by Gasteiger charge is 2.27. The lowest BCUT2D eigenvalue weighted by atomic mass is 10.1. The van der Waals surface area contributed by atoms with Gasteiger partial charge in [0.05, 0.1) is 18.8 Å². The lowest BCUT2D eigenvalue weighted by Gasteiger charge is -2.14. The van der Waals surface area contributed by atoms with Crippen LogP contribution in [0, 0.1) is 0 Å². The second kappa shape index (κ2) is 6.45. The maximum absolute atomic E-state index is 12.3. The second-order valence-electron chi connectivity index (χ2n) is 5.57. The van der Waals surface area contributed by atoms with Crippen molar-refractivity contribution < 1.29 is 9.59 Å². The second-order valence-corrected chi connectivity index (χ2v) is 6.01. The molecule has 0 saturated heterocycles. The van der Waals surface area contributed by atoms with E-state index < -0.39 is 0 Å². The molecule has 2 heterocycles. The van der Waals surface area contributed by atoms with Crippen LogP contribution in [0.15, 0.2) is 24.3 Å². The Bertz CT molecular complexity index is 807. The van der Waals surface area contributed by atoms with Crippen molar-refractivity contribution in [1.82, 2.24) is 14.9 Å². The van der Waals surface area contributed by atoms with Crippen molar-refractivity contribution in [3.05, 3.63) is 46.1 Å². The minimum atomic E-state index is -0.131. The minimum absolute atomic E-state index is 0.0958. The van der Waals surface area contributed by atoms with Gasteiger partial charge in [-0.15, -0.1) is 0 Å². The monoisotopic (exact) mass is 345 g/mol. The number of nitrogens with zero attached hydrogens (tertiary/aromatic N) is 3. The fraction of sp³-hybridized carbons (Fsp3) is 0.250. The van der Waals surface area contributed by atoms with Crippen molar-refractivity contribution in [2.24, 2.45) is 0 Å². The number of hydrogen-bond donors (Lipinski definition) is 2. The molecule has 1 aromatic carbocycles. The fourth-order valence-corrected chi connectivity index (χ4v) is 2.76. The average Bonchev–Trinajstić information content (AvgIpc) is 2.97. The molecule has 124 valence electrons. The molecule has 24 heavy (non-hydrogen) atoms. The van der Waals surface area contributed by atoms with E-state index in [9.17, 15) is 9.59 Å². The van der Waals surface area contributed by atoms with Gasteiger partial charge in [0.1, 0.15) is 5.82 Å². The van der Waals surface area contributed by atoms with Crippen LogP contribution < -0.4 is 11.5 Å². The molecule has 0 unspecified atom stereocenters. The van der Waals surface area contributed by atoms with E-state index in [2.05, 4.69) is 9.97 Å². The maximum Gasteiger partial charge on any atom is 0.223 e. The molecule has 0 atom stereocenters. The molecule has 4 N–H and O–H groups in total. The number of hydrogen-bond acceptors (Lipinski definition) is 6. The van der Waals surface area contributed by atoms with E-state index in [1.54, 1.807) is 29.2 Å². The number of nitrogens with two attached hydrogens (primary N) is 2. The molecule has 1 aliphatic rings. The summed E-state index contributed by atoms with van der Waals surface area (Å²) >= 11 is 5.80. The van der Waals surface area contributed by atoms with Crippen LogP contribution in [0.4, 0.5) is 11.8 Å². The van der Waals surface area contributed by atoms with Gasteiger partial charge in [0.15, 0.2) is 5.78 Å². The van der Waals surface area contributed by atoms with Crippen LogP contribution in [0.5, 0.6) is 0 Å². The molecule has 1 aromatic heterocycles. The smallest absolute Gasteiger partial charge is 0.223 e. The maximum atomic E-state index is 12.3. The molecule has 1 aliphatic heterocycles. The van der Waals surface area contributed by atoms with E-state index in [0.717, 1.165) is 5.56 Å². The Morgan fingerprint density at radius 1 is 1.08 bits per heavy atom. The van der Waals surface area contributed by atoms with Crippen molar-refractivity contribution in [2.75, 3.05) is 11.5 Å². The molecule has 3 rings (SSSR count). The van der Waals surface area contributed by atoms with Crippen LogP contribution >= 0.6 is 11.6 Å². The third-order valence-corrected chi connectivity index (χ3v) is 4.17. The number of benzene rings is 1. The van der Waals surface area contributed by atoms with E-state index in [1.165, 1.54) is 0 Å². The molecule has 2 aromatic rings. The zero-order chi connectivity index (χ0) is 17.3. The van der Waals surface area contributed by atoms with Crippen LogP contribution in [-0.2, 0) is 17.9 Å². The standard InChI is InChI=1S/C16H16ClN5O2/c17-10-3-1-9(2-4-10)13(23)5-6-14(24)22-7-11-12(8-22)20-16(19)21-15(11)18/h1-4H,5-8H2,(H4,18,19,20,21). The van der Waals surface area contributed by atoms with Gasteiger partial charge < -0.3 is 16.4 Å². The highest BCUT2D eigenvalue weighted by atomic mass is 35.5. The van der Waals surface area contributed by atoms with Crippen LogP contribution in [-0.4, -0.2) is 26.6 Å². The molecule has 8 heteroatoms. The van der Waals surface area contributed by atoms with E-state index >= 15 is 0 Å². The van der Waals surface area contributed by atoms with E-state index in [0.29, 0.717) is 35.2 Å². The van der Waals surface area contributed by atoms with Crippen LogP contribution in [0.25, 0.3) is 0 Å². The SMILES string of the molecule is Nc1nc(N)c2c(n1)CN(C(=O)CCC(=O)c1ccc(Cl)cc1)C2. The topological polar surface area (TPSA) is 115 Å². The van der Waals surface area contributed by atoms with Gasteiger partial charge in [-0.3, -0.25) is 9.59 Å². The molecule has 7 nitrogen and oxygen atoms in total. The van der Waals surface area contributed by atoms with Gasteiger partial charge in [0, 0.05) is 29.0 Å². The van der Waals surface area contributed by atoms with Crippen molar-refractivity contribution in [3.8, 4) is 0 Å². The summed E-state index contributed by atoms with van der Waals surface area (Å²) in [5, 5.41) is 0.565. The summed E-state index contributed by atoms with van der Waals surface area (Å²) < 4.78 is 0. The number of Topliss-reactive ketones (excluding diaryl/α,β-unsaturated/α-hetero) is 1. The summed E-state index contributed by atoms with van der Waals surface area (Å²) in [5.41, 5.74) is 13.3. The first kappa shape index (κ1) is 16.2. The molecular weight excluding hydrogens is 330 g/mol. The molecule has 0 saturated carbocycles. The minimum Gasteiger partial charge on any atom is -0.383 e. The van der Waals surface area contributed by atoms with Crippen molar-refractivity contribution in [2.45, 2.75) is 25.9 Å². The number of aromatic nitrogens is 2. The number of nitrogen functional groups attached to an aromatic ring is 2. The molecule has 1 amide bonds. The lowest BCUT2D eigenvalue weighted by Crippen LogP contribution is -2.25. The van der Waals surface area contributed by atoms with Crippen molar-refractivity contribution in [1.29, 1.82) is 0 Å². The Morgan fingerprint density at radius 2 is 1.79 bits per heavy atom. The largest absolute Gasteiger partial charge is 0.383 e. The van der Waals surface area contributed by atoms with Gasteiger partial charge in [-0.1, -0.05) is 11.6 Å². The summed E-state index contributed by atoms with van der Waals surface area (Å²) in [7, 11) is 0. The Labute approximate surface area is 143 Å². The Balaban J connectivity index is 1.60. The quantitative estimate of drug-likeness (QED) is 0.816. The number of amides is 1. The summed E-state index contributed by atoms with van der Waals surface area (Å²) in [6, 6.07) is 6.61. The zero-order valence-electron chi connectivity index (χ0n) is 12.8. The first-order valence-electron chi connectivity index (χ1n) is 7.41. The van der Waals surface area contributed by atoms with Gasteiger partial charge in [0.2, 0.25) is 11.9 Å². The lowest BCUT2D eigenvalue weighted by molar-refractivity contribution is -0.131. The molecule has 0 fully saturated rings. The summed E-state index contributed by atoms with van der Waals surface area (Å²) in [5.74, 6) is 0.164.